The van der Waals surface area contributed by atoms with Crippen molar-refractivity contribution in [1.82, 2.24) is 9.88 Å². The van der Waals surface area contributed by atoms with Crippen LogP contribution in [-0.4, -0.2) is 63.6 Å². The average Bonchev–Trinajstić information content (AvgIpc) is 3.42. The van der Waals surface area contributed by atoms with Gasteiger partial charge in [0.15, 0.2) is 0 Å². The first-order chi connectivity index (χ1) is 17.7. The van der Waals surface area contributed by atoms with Gasteiger partial charge in [-0.05, 0) is 86.2 Å². The number of aromatic nitrogens is 1. The van der Waals surface area contributed by atoms with Crippen molar-refractivity contribution in [3.05, 3.63) is 59.9 Å². The van der Waals surface area contributed by atoms with Crippen LogP contribution in [0.4, 0.5) is 0 Å². The van der Waals surface area contributed by atoms with E-state index in [9.17, 15) is 15.5 Å². The Balaban J connectivity index is 1.35. The van der Waals surface area contributed by atoms with E-state index in [1.54, 1.807) is 0 Å². The molecule has 1 saturated heterocycles. The third-order valence-electron chi connectivity index (χ3n) is 10.9. The normalized spacial score (nSPS) is 44.0. The maximum atomic E-state index is 11.3. The summed E-state index contributed by atoms with van der Waals surface area (Å²) >= 11 is 0. The predicted octanol–water partition coefficient (Wildman–Crippen LogP) is 4.23. The summed E-state index contributed by atoms with van der Waals surface area (Å²) in [6.45, 7) is 2.37. The second-order valence-corrected chi connectivity index (χ2v) is 12.6. The molecule has 2 aliphatic heterocycles. The molecule has 2 unspecified atom stereocenters. The van der Waals surface area contributed by atoms with Crippen LogP contribution in [0.2, 0.25) is 0 Å². The van der Waals surface area contributed by atoms with Crippen molar-refractivity contribution in [2.45, 2.75) is 74.9 Å². The lowest BCUT2D eigenvalue weighted by Gasteiger charge is -2.61. The molecule has 1 aromatic carbocycles. The third kappa shape index (κ3) is 2.76. The lowest BCUT2D eigenvalue weighted by molar-refractivity contribution is -0.223. The fourth-order valence-corrected chi connectivity index (χ4v) is 9.01. The maximum Gasteiger partial charge on any atom is 0.105 e. The Bertz CT molecular complexity index is 1400. The number of hydrogen-bond donors (Lipinski definition) is 2. The van der Waals surface area contributed by atoms with Crippen LogP contribution in [0, 0.1) is 28.1 Å². The number of nitrogens with zero attached hydrogens (tertiary/aromatic N) is 3. The van der Waals surface area contributed by atoms with Crippen molar-refractivity contribution < 1.29 is 14.9 Å². The second-order valence-electron chi connectivity index (χ2n) is 12.6. The smallest absolute Gasteiger partial charge is 0.105 e. The minimum Gasteiger partial charge on any atom is -0.388 e. The molecule has 0 radical (unpaired) electrons. The molecule has 2 saturated carbocycles. The SMILES string of the molecule is CN(C)[C@H]1C[C@@]23CC[C@]4(O2)C2CC=C(c5cccc6ccncc56)[C@@]2(C)CCC4(C#N)C=C3[C@@H](O)[C@@H]1O. The summed E-state index contributed by atoms with van der Waals surface area (Å²) < 4.78 is 7.29. The zero-order valence-corrected chi connectivity index (χ0v) is 21.8. The summed E-state index contributed by atoms with van der Waals surface area (Å²) in [4.78, 5) is 6.42. The molecule has 2 aromatic rings. The van der Waals surface area contributed by atoms with E-state index in [2.05, 4.69) is 54.4 Å². The van der Waals surface area contributed by atoms with E-state index in [-0.39, 0.29) is 17.4 Å². The van der Waals surface area contributed by atoms with Gasteiger partial charge in [-0.1, -0.05) is 37.3 Å². The largest absolute Gasteiger partial charge is 0.388 e. The highest BCUT2D eigenvalue weighted by molar-refractivity contribution is 5.95. The van der Waals surface area contributed by atoms with Gasteiger partial charge in [-0.2, -0.15) is 5.26 Å². The zero-order chi connectivity index (χ0) is 25.8. The lowest BCUT2D eigenvalue weighted by atomic mass is 9.49. The van der Waals surface area contributed by atoms with Crippen molar-refractivity contribution >= 4 is 16.3 Å². The molecule has 2 spiro atoms. The second kappa shape index (κ2) is 7.51. The van der Waals surface area contributed by atoms with Crippen LogP contribution in [0.5, 0.6) is 0 Å². The molecule has 6 nitrogen and oxygen atoms in total. The van der Waals surface area contributed by atoms with Gasteiger partial charge in [-0.15, -0.1) is 0 Å². The monoisotopic (exact) mass is 497 g/mol. The number of pyridine rings is 1. The van der Waals surface area contributed by atoms with Gasteiger partial charge in [0, 0.05) is 29.7 Å². The molecule has 37 heavy (non-hydrogen) atoms. The van der Waals surface area contributed by atoms with Crippen molar-refractivity contribution in [3.63, 3.8) is 0 Å². The van der Waals surface area contributed by atoms with E-state index in [1.807, 2.05) is 31.4 Å². The number of aliphatic hydroxyl groups excluding tert-OH is 2. The van der Waals surface area contributed by atoms with Crippen molar-refractivity contribution in [2.75, 3.05) is 14.1 Å². The Hall–Kier alpha value is -2.56. The molecule has 5 aliphatic rings. The molecule has 2 bridgehead atoms. The first kappa shape index (κ1) is 23.5. The average molecular weight is 498 g/mol. The fourth-order valence-electron chi connectivity index (χ4n) is 9.01. The van der Waals surface area contributed by atoms with E-state index in [1.165, 1.54) is 21.9 Å². The van der Waals surface area contributed by atoms with Gasteiger partial charge in [-0.25, -0.2) is 0 Å². The highest BCUT2D eigenvalue weighted by Crippen LogP contribution is 2.73. The third-order valence-corrected chi connectivity index (χ3v) is 10.9. The van der Waals surface area contributed by atoms with E-state index < -0.39 is 28.8 Å². The molecule has 1 aromatic heterocycles. The van der Waals surface area contributed by atoms with Crippen LogP contribution in [0.15, 0.2) is 54.4 Å². The van der Waals surface area contributed by atoms with Gasteiger partial charge in [0.1, 0.15) is 11.5 Å². The Morgan fingerprint density at radius 3 is 2.76 bits per heavy atom. The molecule has 8 atom stereocenters. The lowest BCUT2D eigenvalue weighted by Crippen LogP contribution is -2.66. The molecule has 0 amide bonds. The van der Waals surface area contributed by atoms with Gasteiger partial charge in [0.2, 0.25) is 0 Å². The van der Waals surface area contributed by atoms with Crippen LogP contribution >= 0.6 is 0 Å². The first-order valence-corrected chi connectivity index (χ1v) is 13.6. The predicted molar refractivity (Wildman–Crippen MR) is 141 cm³/mol. The van der Waals surface area contributed by atoms with E-state index in [4.69, 9.17) is 4.74 Å². The quantitative estimate of drug-likeness (QED) is 0.604. The van der Waals surface area contributed by atoms with Crippen molar-refractivity contribution in [3.8, 4) is 6.07 Å². The van der Waals surface area contributed by atoms with Crippen LogP contribution in [0.25, 0.3) is 16.3 Å². The molecular weight excluding hydrogens is 462 g/mol. The summed E-state index contributed by atoms with van der Waals surface area (Å²) in [7, 11) is 3.89. The highest BCUT2D eigenvalue weighted by atomic mass is 16.5. The number of allylic oxidation sites excluding steroid dienone is 2. The van der Waals surface area contributed by atoms with Crippen molar-refractivity contribution in [1.29, 1.82) is 5.26 Å². The Morgan fingerprint density at radius 1 is 1.14 bits per heavy atom. The van der Waals surface area contributed by atoms with Gasteiger partial charge in [-0.3, -0.25) is 4.98 Å². The van der Waals surface area contributed by atoms with Crippen LogP contribution in [0.1, 0.15) is 51.0 Å². The van der Waals surface area contributed by atoms with Crippen molar-refractivity contribution in [2.24, 2.45) is 16.7 Å². The summed E-state index contributed by atoms with van der Waals surface area (Å²) in [6, 6.07) is 11.1. The van der Waals surface area contributed by atoms with E-state index in [0.717, 1.165) is 31.3 Å². The molecular formula is C31H35N3O3. The van der Waals surface area contributed by atoms with E-state index >= 15 is 0 Å². The number of fused-ring (bicyclic) bond motifs is 2. The molecule has 3 fully saturated rings. The highest BCUT2D eigenvalue weighted by Gasteiger charge is 2.74. The number of aliphatic hydroxyl groups is 2. The zero-order valence-electron chi connectivity index (χ0n) is 21.8. The van der Waals surface area contributed by atoms with Gasteiger partial charge < -0.3 is 19.8 Å². The topological polar surface area (TPSA) is 89.6 Å². The molecule has 6 heteroatoms. The molecule has 3 heterocycles. The molecule has 7 rings (SSSR count). The summed E-state index contributed by atoms with van der Waals surface area (Å²) in [6.07, 6.45) is 11.0. The Morgan fingerprint density at radius 2 is 1.97 bits per heavy atom. The number of benzene rings is 1. The number of likely N-dealkylation sites (N-methyl/N-ethyl adjacent to an activating group) is 1. The minimum absolute atomic E-state index is 0.130. The number of hydrogen-bond acceptors (Lipinski definition) is 6. The Labute approximate surface area is 218 Å². The molecule has 3 aliphatic carbocycles. The first-order valence-electron chi connectivity index (χ1n) is 13.6. The Kier molecular flexibility index (Phi) is 4.78. The molecule has 2 N–H and O–H groups in total. The standard InChI is InChI=1S/C31H35N3O3/c1-28-10-11-29(18-32)15-23-26(35)27(36)24(34(2)3)16-30(23)12-13-31(29,37-30)25(28)8-7-22(28)20-6-4-5-19-9-14-33-17-21(19)20/h4-7,9,14-15,17,24-27,35-36H,8,10-13,16H2,1-3H3/t24-,25?,26+,27+,28+,29?,30+,31-/m0/s1. The number of rotatable bonds is 2. The van der Waals surface area contributed by atoms with Crippen LogP contribution < -0.4 is 0 Å². The summed E-state index contributed by atoms with van der Waals surface area (Å²) in [5.41, 5.74) is 1.15. The van der Waals surface area contributed by atoms with Gasteiger partial charge >= 0.3 is 0 Å². The number of ether oxygens (including phenoxy) is 1. The molecule has 192 valence electrons. The number of nitriles is 1. The van der Waals surface area contributed by atoms with Crippen LogP contribution in [0.3, 0.4) is 0 Å². The minimum atomic E-state index is -1.02. The fraction of sp³-hybridized carbons (Fsp3) is 0.548. The summed E-state index contributed by atoms with van der Waals surface area (Å²) in [5, 5.41) is 35.4. The van der Waals surface area contributed by atoms with Gasteiger partial charge in [0.05, 0.1) is 23.4 Å². The van der Waals surface area contributed by atoms with Crippen LogP contribution in [-0.2, 0) is 4.74 Å². The van der Waals surface area contributed by atoms with E-state index in [0.29, 0.717) is 12.8 Å². The van der Waals surface area contributed by atoms with Gasteiger partial charge in [0.25, 0.3) is 0 Å². The summed E-state index contributed by atoms with van der Waals surface area (Å²) in [5.74, 6) is 0.161. The maximum absolute atomic E-state index is 11.3.